The molecule has 1 rings (SSSR count). The van der Waals surface area contributed by atoms with Gasteiger partial charge in [0.2, 0.25) is 0 Å². The summed E-state index contributed by atoms with van der Waals surface area (Å²) in [7, 11) is 0. The maximum absolute atomic E-state index is 10.3. The fraction of sp³-hybridized carbons (Fsp3) is 0.733. The minimum atomic E-state index is -0.299. The average molecular weight is 302 g/mol. The van der Waals surface area contributed by atoms with Crippen LogP contribution in [-0.2, 0) is 0 Å². The van der Waals surface area contributed by atoms with Gasteiger partial charge in [-0.2, -0.15) is 0 Å². The number of rotatable bonds is 10. The third kappa shape index (κ3) is 6.30. The summed E-state index contributed by atoms with van der Waals surface area (Å²) < 4.78 is 1.32. The first-order chi connectivity index (χ1) is 9.21. The highest BCUT2D eigenvalue weighted by Crippen LogP contribution is 2.31. The number of hydrogen-bond donors (Lipinski definition) is 1. The van der Waals surface area contributed by atoms with Crippen LogP contribution in [0.5, 0.6) is 0 Å². The van der Waals surface area contributed by atoms with Crippen LogP contribution in [0, 0.1) is 0 Å². The Hall–Kier alpha value is -0.0300. The molecule has 0 radical (unpaired) electrons. The topological polar surface area (TPSA) is 23.5 Å². The molecule has 0 bridgehead atoms. The van der Waals surface area contributed by atoms with Crippen molar-refractivity contribution < 1.29 is 5.11 Å². The number of hydrogen-bond acceptors (Lipinski definition) is 4. The lowest BCUT2D eigenvalue weighted by molar-refractivity contribution is 0.144. The Bertz CT molecular complexity index is 335. The lowest BCUT2D eigenvalue weighted by atomic mass is 10.2. The minimum absolute atomic E-state index is 0.299. The van der Waals surface area contributed by atoms with Crippen molar-refractivity contribution in [3.05, 3.63) is 17.0 Å². The minimum Gasteiger partial charge on any atom is -0.388 e. The largest absolute Gasteiger partial charge is 0.388 e. The summed E-state index contributed by atoms with van der Waals surface area (Å²) in [5.74, 6) is 1.09. The van der Waals surface area contributed by atoms with Gasteiger partial charge in [-0.25, -0.2) is 0 Å². The second-order valence-corrected chi connectivity index (χ2v) is 7.42. The van der Waals surface area contributed by atoms with Gasteiger partial charge >= 0.3 is 0 Å². The van der Waals surface area contributed by atoms with Gasteiger partial charge in [0, 0.05) is 11.4 Å². The van der Waals surface area contributed by atoms with Crippen molar-refractivity contribution in [2.45, 2.75) is 50.3 Å². The van der Waals surface area contributed by atoms with E-state index in [9.17, 15) is 5.11 Å². The fourth-order valence-electron chi connectivity index (χ4n) is 2.15. The molecule has 1 unspecified atom stereocenters. The zero-order valence-electron chi connectivity index (χ0n) is 12.4. The third-order valence-corrected chi connectivity index (χ3v) is 5.31. The van der Waals surface area contributed by atoms with Gasteiger partial charge in [-0.05, 0) is 50.2 Å². The fourth-order valence-corrected chi connectivity index (χ4v) is 4.23. The zero-order chi connectivity index (χ0) is 14.1. The molecule has 0 spiro atoms. The molecule has 2 nitrogen and oxygen atoms in total. The highest BCUT2D eigenvalue weighted by molar-refractivity contribution is 8.01. The molecule has 1 aromatic rings. The number of nitrogens with zero attached hydrogens (tertiary/aromatic N) is 1. The van der Waals surface area contributed by atoms with Crippen molar-refractivity contribution in [2.75, 3.05) is 25.4 Å². The van der Waals surface area contributed by atoms with Crippen LogP contribution in [0.25, 0.3) is 0 Å². The second-order valence-electron chi connectivity index (χ2n) is 4.74. The van der Waals surface area contributed by atoms with Crippen LogP contribution in [0.4, 0.5) is 0 Å². The maximum Gasteiger partial charge on any atom is 0.0894 e. The van der Waals surface area contributed by atoms with Crippen molar-refractivity contribution >= 4 is 23.1 Å². The summed E-state index contributed by atoms with van der Waals surface area (Å²) in [6.07, 6.45) is 2.92. The molecule has 0 saturated heterocycles. The lowest BCUT2D eigenvalue weighted by Gasteiger charge is -2.22. The molecule has 0 saturated carbocycles. The molecule has 1 atom stereocenters. The first-order valence-electron chi connectivity index (χ1n) is 7.34. The van der Waals surface area contributed by atoms with Gasteiger partial charge in [0.15, 0.2) is 0 Å². The summed E-state index contributed by atoms with van der Waals surface area (Å²) in [6, 6.07) is 4.21. The Morgan fingerprint density at radius 1 is 1.16 bits per heavy atom. The number of aliphatic hydroxyl groups excluding tert-OH is 1. The van der Waals surface area contributed by atoms with E-state index in [1.165, 1.54) is 17.1 Å². The molecule has 1 heterocycles. The maximum atomic E-state index is 10.3. The van der Waals surface area contributed by atoms with Crippen molar-refractivity contribution in [1.29, 1.82) is 0 Å². The average Bonchev–Trinajstić information content (AvgIpc) is 2.85. The SMILES string of the molecule is CCCN(CCC)CCC(O)c1ccc(SCC)s1. The van der Waals surface area contributed by atoms with E-state index in [-0.39, 0.29) is 6.10 Å². The lowest BCUT2D eigenvalue weighted by Crippen LogP contribution is -2.27. The monoisotopic (exact) mass is 301 g/mol. The van der Waals surface area contributed by atoms with Gasteiger partial charge in [0.1, 0.15) is 0 Å². The van der Waals surface area contributed by atoms with Gasteiger partial charge in [0.05, 0.1) is 10.3 Å². The molecule has 0 aliphatic heterocycles. The number of thiophene rings is 1. The predicted octanol–water partition coefficient (Wildman–Crippen LogP) is 4.41. The van der Waals surface area contributed by atoms with Crippen molar-refractivity contribution in [1.82, 2.24) is 4.90 Å². The van der Waals surface area contributed by atoms with Crippen molar-refractivity contribution in [2.24, 2.45) is 0 Å². The predicted molar refractivity (Wildman–Crippen MR) is 87.3 cm³/mol. The van der Waals surface area contributed by atoms with E-state index >= 15 is 0 Å². The first kappa shape index (κ1) is 17.0. The van der Waals surface area contributed by atoms with E-state index in [0.717, 1.165) is 36.7 Å². The van der Waals surface area contributed by atoms with Gasteiger partial charge in [-0.1, -0.05) is 20.8 Å². The molecule has 0 aliphatic carbocycles. The van der Waals surface area contributed by atoms with Gasteiger partial charge in [-0.3, -0.25) is 0 Å². The summed E-state index contributed by atoms with van der Waals surface area (Å²) >= 11 is 3.59. The van der Waals surface area contributed by atoms with Gasteiger partial charge in [-0.15, -0.1) is 23.1 Å². The molecule has 0 amide bonds. The van der Waals surface area contributed by atoms with Crippen LogP contribution in [0.2, 0.25) is 0 Å². The van der Waals surface area contributed by atoms with E-state index < -0.39 is 0 Å². The first-order valence-corrected chi connectivity index (χ1v) is 9.14. The van der Waals surface area contributed by atoms with Crippen LogP contribution in [0.3, 0.4) is 0 Å². The van der Waals surface area contributed by atoms with Gasteiger partial charge in [0.25, 0.3) is 0 Å². The second kappa shape index (κ2) is 9.81. The standard InChI is InChI=1S/C15H27NOS2/c1-4-10-16(11-5-2)12-9-13(17)14-7-8-15(19-14)18-6-3/h7-8,13,17H,4-6,9-12H2,1-3H3. The zero-order valence-corrected chi connectivity index (χ0v) is 14.0. The van der Waals surface area contributed by atoms with Gasteiger partial charge < -0.3 is 10.0 Å². The summed E-state index contributed by atoms with van der Waals surface area (Å²) in [6.45, 7) is 9.87. The van der Waals surface area contributed by atoms with Crippen LogP contribution < -0.4 is 0 Å². The molecular weight excluding hydrogens is 274 g/mol. The van der Waals surface area contributed by atoms with E-state index in [1.54, 1.807) is 11.3 Å². The van der Waals surface area contributed by atoms with E-state index in [0.29, 0.717) is 0 Å². The highest BCUT2D eigenvalue weighted by Gasteiger charge is 2.12. The Morgan fingerprint density at radius 3 is 2.42 bits per heavy atom. The Morgan fingerprint density at radius 2 is 1.84 bits per heavy atom. The molecule has 0 aliphatic rings. The third-order valence-electron chi connectivity index (χ3n) is 3.02. The Kier molecular flexibility index (Phi) is 8.79. The quantitative estimate of drug-likeness (QED) is 0.648. The molecule has 0 fully saturated rings. The Balaban J connectivity index is 2.41. The Labute approximate surface area is 126 Å². The van der Waals surface area contributed by atoms with E-state index in [2.05, 4.69) is 37.8 Å². The van der Waals surface area contributed by atoms with Crippen LogP contribution in [-0.4, -0.2) is 35.4 Å². The number of aliphatic hydroxyl groups is 1. The molecular formula is C15H27NOS2. The normalized spacial score (nSPS) is 13.1. The smallest absolute Gasteiger partial charge is 0.0894 e. The molecule has 110 valence electrons. The summed E-state index contributed by atoms with van der Waals surface area (Å²) in [5.41, 5.74) is 0. The molecule has 1 N–H and O–H groups in total. The molecule has 19 heavy (non-hydrogen) atoms. The summed E-state index contributed by atoms with van der Waals surface area (Å²) in [5, 5.41) is 10.3. The van der Waals surface area contributed by atoms with E-state index in [4.69, 9.17) is 0 Å². The molecule has 1 aromatic heterocycles. The molecule has 0 aromatic carbocycles. The van der Waals surface area contributed by atoms with Crippen molar-refractivity contribution in [3.63, 3.8) is 0 Å². The van der Waals surface area contributed by atoms with Crippen LogP contribution in [0.1, 0.15) is 51.0 Å². The summed E-state index contributed by atoms with van der Waals surface area (Å²) in [4.78, 5) is 3.57. The highest BCUT2D eigenvalue weighted by atomic mass is 32.2. The van der Waals surface area contributed by atoms with Crippen LogP contribution >= 0.6 is 23.1 Å². The van der Waals surface area contributed by atoms with E-state index in [1.807, 2.05) is 11.8 Å². The van der Waals surface area contributed by atoms with Crippen LogP contribution in [0.15, 0.2) is 16.3 Å². The van der Waals surface area contributed by atoms with Crippen molar-refractivity contribution in [3.8, 4) is 0 Å². The number of thioether (sulfide) groups is 1. The molecule has 4 heteroatoms.